The van der Waals surface area contributed by atoms with E-state index in [4.69, 9.17) is 4.74 Å². The second-order valence-corrected chi connectivity index (χ2v) is 9.80. The fourth-order valence-electron chi connectivity index (χ4n) is 5.18. The van der Waals surface area contributed by atoms with Gasteiger partial charge in [0.1, 0.15) is 23.0 Å². The Kier molecular flexibility index (Phi) is 7.64. The molecule has 3 aromatic rings. The number of H-pyrrole nitrogens is 1. The number of piperidine rings is 1. The quantitative estimate of drug-likeness (QED) is 0.492. The molecule has 2 N–H and O–H groups in total. The second-order valence-electron chi connectivity index (χ2n) is 9.80. The van der Waals surface area contributed by atoms with E-state index in [-0.39, 0.29) is 17.8 Å². The number of hydrogen-bond donors (Lipinski definition) is 2. The lowest BCUT2D eigenvalue weighted by molar-refractivity contribution is 0.0902. The Bertz CT molecular complexity index is 1110. The minimum atomic E-state index is -0.306. The molecule has 5 rings (SSSR count). The molecule has 0 bridgehead atoms. The van der Waals surface area contributed by atoms with Gasteiger partial charge < -0.3 is 24.8 Å². The van der Waals surface area contributed by atoms with E-state index < -0.39 is 0 Å². The third-order valence-corrected chi connectivity index (χ3v) is 7.26. The predicted octanol–water partition coefficient (Wildman–Crippen LogP) is 5.17. The lowest BCUT2D eigenvalue weighted by Crippen LogP contribution is -2.46. The Hall–Kier alpha value is -2.90. The molecule has 0 atom stereocenters. The maximum atomic E-state index is 13.2. The highest BCUT2D eigenvalue weighted by molar-refractivity contribution is 5.99. The van der Waals surface area contributed by atoms with E-state index in [0.29, 0.717) is 17.2 Å². The van der Waals surface area contributed by atoms with Crippen LogP contribution in [0.3, 0.4) is 0 Å². The smallest absolute Gasteiger partial charge is 0.267 e. The van der Waals surface area contributed by atoms with E-state index in [1.165, 1.54) is 50.9 Å². The van der Waals surface area contributed by atoms with E-state index >= 15 is 0 Å². The molecule has 3 heterocycles. The molecule has 6 nitrogen and oxygen atoms in total. The highest BCUT2D eigenvalue weighted by Gasteiger charge is 2.22. The molecule has 2 aliphatic heterocycles. The molecule has 2 saturated heterocycles. The number of aromatic nitrogens is 1. The summed E-state index contributed by atoms with van der Waals surface area (Å²) < 4.78 is 19.2. The van der Waals surface area contributed by atoms with Gasteiger partial charge in [0.05, 0.1) is 0 Å². The third kappa shape index (κ3) is 6.21. The van der Waals surface area contributed by atoms with Crippen molar-refractivity contribution < 1.29 is 13.9 Å². The molecule has 1 aromatic heterocycles. The number of benzene rings is 2. The summed E-state index contributed by atoms with van der Waals surface area (Å²) in [6.07, 6.45) is 7.38. The highest BCUT2D eigenvalue weighted by atomic mass is 19.1. The van der Waals surface area contributed by atoms with Crippen LogP contribution in [0, 0.1) is 5.82 Å². The molecule has 0 saturated carbocycles. The average Bonchev–Trinajstić information content (AvgIpc) is 3.15. The third-order valence-electron chi connectivity index (χ3n) is 7.26. The normalized spacial score (nSPS) is 18.4. The first kappa shape index (κ1) is 23.8. The zero-order valence-corrected chi connectivity index (χ0v) is 20.3. The fourth-order valence-corrected chi connectivity index (χ4v) is 5.18. The molecule has 7 heteroatoms. The van der Waals surface area contributed by atoms with Gasteiger partial charge in [-0.15, -0.1) is 0 Å². The van der Waals surface area contributed by atoms with Gasteiger partial charge in [-0.2, -0.15) is 0 Å². The van der Waals surface area contributed by atoms with E-state index in [2.05, 4.69) is 20.1 Å². The molecule has 2 fully saturated rings. The van der Waals surface area contributed by atoms with Crippen LogP contribution in [0.5, 0.6) is 11.5 Å². The number of fused-ring (bicyclic) bond motifs is 1. The van der Waals surface area contributed by atoms with Gasteiger partial charge in [0, 0.05) is 43.1 Å². The summed E-state index contributed by atoms with van der Waals surface area (Å²) in [7, 11) is 0. The van der Waals surface area contributed by atoms with Gasteiger partial charge in [-0.05, 0) is 81.2 Å². The number of carbonyl (C=O) groups excluding carboxylic acids is 1. The molecule has 2 aromatic carbocycles. The fraction of sp³-hybridized carbons (Fsp3) is 0.464. The molecule has 186 valence electrons. The van der Waals surface area contributed by atoms with Crippen LogP contribution in [0.2, 0.25) is 0 Å². The van der Waals surface area contributed by atoms with Crippen LogP contribution in [-0.4, -0.2) is 66.0 Å². The lowest BCUT2D eigenvalue weighted by atomic mass is 10.0. The number of rotatable bonds is 7. The maximum absolute atomic E-state index is 13.2. The van der Waals surface area contributed by atoms with Crippen molar-refractivity contribution in [3.63, 3.8) is 0 Å². The Morgan fingerprint density at radius 3 is 2.34 bits per heavy atom. The van der Waals surface area contributed by atoms with Crippen LogP contribution in [0.4, 0.5) is 4.39 Å². The van der Waals surface area contributed by atoms with Crippen LogP contribution in [-0.2, 0) is 0 Å². The number of amides is 1. The van der Waals surface area contributed by atoms with Crippen molar-refractivity contribution in [2.24, 2.45) is 0 Å². The number of hydrogen-bond acceptors (Lipinski definition) is 4. The van der Waals surface area contributed by atoms with Crippen molar-refractivity contribution in [1.82, 2.24) is 20.1 Å². The Labute approximate surface area is 206 Å². The van der Waals surface area contributed by atoms with Gasteiger partial charge in [0.25, 0.3) is 5.91 Å². The lowest BCUT2D eigenvalue weighted by Gasteiger charge is -2.33. The molecule has 2 aliphatic rings. The SMILES string of the molecule is O=C(NC1CCN(CCN2CCCCCC2)CC1)c1cc2c(Oc3ccc(F)cc3)cccc2[nH]1. The zero-order valence-electron chi connectivity index (χ0n) is 20.3. The van der Waals surface area contributed by atoms with Gasteiger partial charge in [0.2, 0.25) is 0 Å². The summed E-state index contributed by atoms with van der Waals surface area (Å²) in [6, 6.07) is 13.6. The predicted molar refractivity (Wildman–Crippen MR) is 137 cm³/mol. The summed E-state index contributed by atoms with van der Waals surface area (Å²) in [4.78, 5) is 21.4. The van der Waals surface area contributed by atoms with Gasteiger partial charge >= 0.3 is 0 Å². The van der Waals surface area contributed by atoms with E-state index in [1.54, 1.807) is 12.1 Å². The summed E-state index contributed by atoms with van der Waals surface area (Å²) in [5, 5.41) is 4.04. The first-order valence-electron chi connectivity index (χ1n) is 12.9. The summed E-state index contributed by atoms with van der Waals surface area (Å²) in [6.45, 7) is 6.83. The molecule has 0 aliphatic carbocycles. The van der Waals surface area contributed by atoms with Crippen LogP contribution in [0.25, 0.3) is 10.9 Å². The molecule has 0 radical (unpaired) electrons. The minimum absolute atomic E-state index is 0.0862. The van der Waals surface area contributed by atoms with Crippen molar-refractivity contribution in [2.75, 3.05) is 39.3 Å². The number of likely N-dealkylation sites (tertiary alicyclic amines) is 2. The largest absolute Gasteiger partial charge is 0.457 e. The topological polar surface area (TPSA) is 60.6 Å². The van der Waals surface area contributed by atoms with Crippen molar-refractivity contribution >= 4 is 16.8 Å². The van der Waals surface area contributed by atoms with Crippen LogP contribution in [0.1, 0.15) is 49.0 Å². The first-order chi connectivity index (χ1) is 17.1. The van der Waals surface area contributed by atoms with Crippen molar-refractivity contribution in [2.45, 2.75) is 44.6 Å². The molecule has 1 amide bonds. The van der Waals surface area contributed by atoms with Crippen molar-refractivity contribution in [1.29, 1.82) is 0 Å². The minimum Gasteiger partial charge on any atom is -0.457 e. The standard InChI is InChI=1S/C28H35FN4O2/c29-21-8-10-23(11-9-21)35-27-7-5-6-25-24(27)20-26(31-25)28(34)30-22-12-16-33(17-13-22)19-18-32-14-3-1-2-4-15-32/h5-11,20,22,31H,1-4,12-19H2,(H,30,34). The number of halogens is 1. The number of nitrogens with one attached hydrogen (secondary N) is 2. The first-order valence-corrected chi connectivity index (χ1v) is 12.9. The number of aromatic amines is 1. The molecule has 0 spiro atoms. The molecule has 35 heavy (non-hydrogen) atoms. The van der Waals surface area contributed by atoms with Crippen LogP contribution < -0.4 is 10.1 Å². The summed E-state index contributed by atoms with van der Waals surface area (Å²) in [5.41, 5.74) is 1.36. The van der Waals surface area contributed by atoms with Crippen LogP contribution in [0.15, 0.2) is 48.5 Å². The maximum Gasteiger partial charge on any atom is 0.267 e. The Balaban J connectivity index is 1.14. The summed E-state index contributed by atoms with van der Waals surface area (Å²) in [5.74, 6) is 0.784. The van der Waals surface area contributed by atoms with Gasteiger partial charge in [-0.1, -0.05) is 18.9 Å². The van der Waals surface area contributed by atoms with E-state index in [0.717, 1.165) is 49.9 Å². The Morgan fingerprint density at radius 1 is 0.943 bits per heavy atom. The highest BCUT2D eigenvalue weighted by Crippen LogP contribution is 2.30. The zero-order chi connectivity index (χ0) is 24.0. The summed E-state index contributed by atoms with van der Waals surface area (Å²) >= 11 is 0. The average molecular weight is 479 g/mol. The van der Waals surface area contributed by atoms with Crippen molar-refractivity contribution in [3.8, 4) is 11.5 Å². The monoisotopic (exact) mass is 478 g/mol. The number of nitrogens with zero attached hydrogens (tertiary/aromatic N) is 2. The molecular formula is C28H35FN4O2. The van der Waals surface area contributed by atoms with E-state index in [9.17, 15) is 9.18 Å². The number of ether oxygens (including phenoxy) is 1. The van der Waals surface area contributed by atoms with Gasteiger partial charge in [-0.3, -0.25) is 4.79 Å². The second kappa shape index (κ2) is 11.2. The Morgan fingerprint density at radius 2 is 1.63 bits per heavy atom. The van der Waals surface area contributed by atoms with E-state index in [1.807, 2.05) is 24.3 Å². The van der Waals surface area contributed by atoms with Gasteiger partial charge in [-0.25, -0.2) is 4.39 Å². The molecule has 0 unspecified atom stereocenters. The van der Waals surface area contributed by atoms with Crippen molar-refractivity contribution in [3.05, 3.63) is 60.0 Å². The molecular weight excluding hydrogens is 443 g/mol. The number of carbonyl (C=O) groups is 1. The van der Waals surface area contributed by atoms with Crippen LogP contribution >= 0.6 is 0 Å². The van der Waals surface area contributed by atoms with Gasteiger partial charge in [0.15, 0.2) is 0 Å².